The molecule has 5 nitrogen and oxygen atoms in total. The molecule has 1 aromatic heterocycles. The highest BCUT2D eigenvalue weighted by atomic mass is 32.1. The third kappa shape index (κ3) is 4.35. The minimum atomic E-state index is -1.15. The number of amides is 2. The molecule has 0 aliphatic carbocycles. The predicted molar refractivity (Wildman–Crippen MR) is 100.0 cm³/mol. The number of hydrogen-bond acceptors (Lipinski definition) is 4. The second-order valence-electron chi connectivity index (χ2n) is 5.58. The first kappa shape index (κ1) is 18.7. The first-order valence-corrected chi connectivity index (χ1v) is 8.80. The lowest BCUT2D eigenvalue weighted by molar-refractivity contribution is -0.126. The largest absolute Gasteiger partial charge is 0.357 e. The van der Waals surface area contributed by atoms with Crippen LogP contribution in [0.4, 0.5) is 8.78 Å². The van der Waals surface area contributed by atoms with Crippen molar-refractivity contribution >= 4 is 39.4 Å². The fourth-order valence-electron chi connectivity index (χ4n) is 2.44. The van der Waals surface area contributed by atoms with Gasteiger partial charge in [-0.1, -0.05) is 18.2 Å². The molecule has 0 saturated heterocycles. The third-order valence-electron chi connectivity index (χ3n) is 3.76. The van der Waals surface area contributed by atoms with Crippen LogP contribution in [0.2, 0.25) is 0 Å². The summed E-state index contributed by atoms with van der Waals surface area (Å²) in [6.07, 6.45) is 2.78. The van der Waals surface area contributed by atoms with E-state index in [1.807, 2.05) is 24.3 Å². The van der Waals surface area contributed by atoms with Gasteiger partial charge in [-0.3, -0.25) is 9.59 Å². The van der Waals surface area contributed by atoms with E-state index in [0.29, 0.717) is 5.01 Å². The average molecular weight is 387 g/mol. The Morgan fingerprint density at radius 1 is 1.15 bits per heavy atom. The van der Waals surface area contributed by atoms with E-state index in [9.17, 15) is 18.4 Å². The molecule has 2 aromatic carbocycles. The number of likely N-dealkylation sites (N-methyl/N-ethyl adjacent to an activating group) is 1. The van der Waals surface area contributed by atoms with Crippen molar-refractivity contribution in [3.05, 3.63) is 70.7 Å². The minimum absolute atomic E-state index is 0.134. The highest BCUT2D eigenvalue weighted by Gasteiger charge is 2.22. The van der Waals surface area contributed by atoms with Gasteiger partial charge in [0.15, 0.2) is 11.6 Å². The molecule has 0 bridgehead atoms. The molecule has 1 atom stereocenters. The van der Waals surface area contributed by atoms with Crippen molar-refractivity contribution in [3.63, 3.8) is 0 Å². The SMILES string of the molecule is CNC(=O)C(NC(=O)C=Cc1nc2ccccc2s1)c1ccc(F)c(F)c1. The number of carbonyl (C=O) groups is 2. The van der Waals surface area contributed by atoms with Crippen LogP contribution in [0.25, 0.3) is 16.3 Å². The average Bonchev–Trinajstić information content (AvgIpc) is 3.09. The molecule has 0 spiro atoms. The van der Waals surface area contributed by atoms with Crippen molar-refractivity contribution < 1.29 is 18.4 Å². The Hall–Kier alpha value is -3.13. The maximum atomic E-state index is 13.5. The Morgan fingerprint density at radius 2 is 1.93 bits per heavy atom. The Morgan fingerprint density at radius 3 is 2.63 bits per heavy atom. The molecule has 27 heavy (non-hydrogen) atoms. The molecule has 138 valence electrons. The highest BCUT2D eigenvalue weighted by Crippen LogP contribution is 2.22. The van der Waals surface area contributed by atoms with Gasteiger partial charge < -0.3 is 10.6 Å². The van der Waals surface area contributed by atoms with Gasteiger partial charge in [-0.15, -0.1) is 11.3 Å². The number of halogens is 2. The number of rotatable bonds is 5. The third-order valence-corrected chi connectivity index (χ3v) is 4.76. The summed E-state index contributed by atoms with van der Waals surface area (Å²) in [5, 5.41) is 5.51. The Balaban J connectivity index is 1.77. The lowest BCUT2D eigenvalue weighted by atomic mass is 10.1. The topological polar surface area (TPSA) is 71.1 Å². The van der Waals surface area contributed by atoms with Crippen molar-refractivity contribution in [1.82, 2.24) is 15.6 Å². The molecule has 0 aliphatic rings. The fourth-order valence-corrected chi connectivity index (χ4v) is 3.31. The zero-order valence-corrected chi connectivity index (χ0v) is 15.0. The molecule has 3 aromatic rings. The van der Waals surface area contributed by atoms with Crippen LogP contribution in [0, 0.1) is 11.6 Å². The molecular formula is C19H15F2N3O2S. The van der Waals surface area contributed by atoms with Crippen LogP contribution in [0.1, 0.15) is 16.6 Å². The quantitative estimate of drug-likeness (QED) is 0.661. The van der Waals surface area contributed by atoms with Crippen LogP contribution >= 0.6 is 11.3 Å². The maximum Gasteiger partial charge on any atom is 0.246 e. The van der Waals surface area contributed by atoms with Crippen LogP contribution in [0.15, 0.2) is 48.5 Å². The number of hydrogen-bond donors (Lipinski definition) is 2. The molecule has 0 radical (unpaired) electrons. The van der Waals surface area contributed by atoms with E-state index in [-0.39, 0.29) is 5.56 Å². The molecule has 2 amide bonds. The molecule has 0 saturated carbocycles. The molecule has 8 heteroatoms. The summed E-state index contributed by atoms with van der Waals surface area (Å²) in [5.74, 6) is -3.24. The molecule has 1 heterocycles. The molecule has 2 N–H and O–H groups in total. The Labute approximate surface area is 157 Å². The zero-order valence-electron chi connectivity index (χ0n) is 14.2. The van der Waals surface area contributed by atoms with Crippen molar-refractivity contribution in [2.45, 2.75) is 6.04 Å². The lowest BCUT2D eigenvalue weighted by Gasteiger charge is -2.17. The second-order valence-corrected chi connectivity index (χ2v) is 6.64. The molecule has 0 aliphatic heterocycles. The van der Waals surface area contributed by atoms with Gasteiger partial charge in [0.05, 0.1) is 10.2 Å². The van der Waals surface area contributed by atoms with Gasteiger partial charge >= 0.3 is 0 Å². The normalized spacial score (nSPS) is 12.3. The standard InChI is InChI=1S/C19H15F2N3O2S/c1-22-19(26)18(11-6-7-12(20)13(21)10-11)24-16(25)8-9-17-23-14-4-2-3-5-15(14)27-17/h2-10,18H,1H3,(H,22,26)(H,24,25). The van der Waals surface area contributed by atoms with E-state index in [2.05, 4.69) is 15.6 Å². The second kappa shape index (κ2) is 8.05. The Kier molecular flexibility index (Phi) is 5.56. The van der Waals surface area contributed by atoms with Crippen LogP contribution in [0.3, 0.4) is 0 Å². The number of carbonyl (C=O) groups excluding carboxylic acids is 2. The van der Waals surface area contributed by atoms with Gasteiger partial charge in [-0.05, 0) is 35.9 Å². The first-order valence-electron chi connectivity index (χ1n) is 7.98. The number of aromatic nitrogens is 1. The van der Waals surface area contributed by atoms with Crippen LogP contribution in [-0.2, 0) is 9.59 Å². The van der Waals surface area contributed by atoms with E-state index in [4.69, 9.17) is 0 Å². The van der Waals surface area contributed by atoms with E-state index in [0.717, 1.165) is 22.3 Å². The van der Waals surface area contributed by atoms with Crippen molar-refractivity contribution in [3.8, 4) is 0 Å². The number of fused-ring (bicyclic) bond motifs is 1. The molecule has 1 unspecified atom stereocenters. The van der Waals surface area contributed by atoms with Gasteiger partial charge in [-0.2, -0.15) is 0 Å². The van der Waals surface area contributed by atoms with Gasteiger partial charge in [0.2, 0.25) is 11.8 Å². The first-order chi connectivity index (χ1) is 13.0. The van der Waals surface area contributed by atoms with Crippen LogP contribution < -0.4 is 10.6 Å². The number of nitrogens with zero attached hydrogens (tertiary/aromatic N) is 1. The summed E-state index contributed by atoms with van der Waals surface area (Å²) in [6, 6.07) is 9.45. The molecule has 0 fully saturated rings. The predicted octanol–water partition coefficient (Wildman–Crippen LogP) is 3.19. The van der Waals surface area contributed by atoms with Crippen LogP contribution in [0.5, 0.6) is 0 Å². The molecular weight excluding hydrogens is 372 g/mol. The zero-order chi connectivity index (χ0) is 19.4. The Bertz CT molecular complexity index is 1000. The van der Waals surface area contributed by atoms with E-state index < -0.39 is 29.5 Å². The van der Waals surface area contributed by atoms with Crippen molar-refractivity contribution in [2.24, 2.45) is 0 Å². The summed E-state index contributed by atoms with van der Waals surface area (Å²) >= 11 is 1.42. The number of thiazole rings is 1. The fraction of sp³-hybridized carbons (Fsp3) is 0.105. The van der Waals surface area contributed by atoms with Gasteiger partial charge in [0, 0.05) is 13.1 Å². The van der Waals surface area contributed by atoms with Crippen LogP contribution in [-0.4, -0.2) is 23.8 Å². The van der Waals surface area contributed by atoms with E-state index in [1.165, 1.54) is 36.6 Å². The number of benzene rings is 2. The van der Waals surface area contributed by atoms with E-state index >= 15 is 0 Å². The van der Waals surface area contributed by atoms with Crippen molar-refractivity contribution in [2.75, 3.05) is 7.05 Å². The smallest absolute Gasteiger partial charge is 0.246 e. The van der Waals surface area contributed by atoms with E-state index in [1.54, 1.807) is 0 Å². The van der Waals surface area contributed by atoms with Gasteiger partial charge in [0.1, 0.15) is 11.0 Å². The highest BCUT2D eigenvalue weighted by molar-refractivity contribution is 7.19. The van der Waals surface area contributed by atoms with Gasteiger partial charge in [0.25, 0.3) is 0 Å². The number of para-hydroxylation sites is 1. The molecule has 3 rings (SSSR count). The summed E-state index contributed by atoms with van der Waals surface area (Å²) in [5.41, 5.74) is 0.961. The lowest BCUT2D eigenvalue weighted by Crippen LogP contribution is -2.38. The summed E-state index contributed by atoms with van der Waals surface area (Å²) in [7, 11) is 1.39. The number of nitrogens with one attached hydrogen (secondary N) is 2. The van der Waals surface area contributed by atoms with Gasteiger partial charge in [-0.25, -0.2) is 13.8 Å². The van der Waals surface area contributed by atoms with Crippen molar-refractivity contribution in [1.29, 1.82) is 0 Å². The summed E-state index contributed by atoms with van der Waals surface area (Å²) < 4.78 is 27.6. The maximum absolute atomic E-state index is 13.5. The minimum Gasteiger partial charge on any atom is -0.357 e. The summed E-state index contributed by atoms with van der Waals surface area (Å²) in [4.78, 5) is 28.7. The summed E-state index contributed by atoms with van der Waals surface area (Å²) in [6.45, 7) is 0. The monoisotopic (exact) mass is 387 g/mol.